The summed E-state index contributed by atoms with van der Waals surface area (Å²) in [6, 6.07) is -0.109. The highest BCUT2D eigenvalue weighted by atomic mass is 16.5. The molecule has 1 saturated heterocycles. The van der Waals surface area contributed by atoms with Crippen LogP contribution in [-0.2, 0) is 0 Å². The molecule has 4 heteroatoms. The zero-order valence-corrected chi connectivity index (χ0v) is 8.43. The predicted molar refractivity (Wildman–Crippen MR) is 53.2 cm³/mol. The Kier molecular flexibility index (Phi) is 2.76. The Balaban J connectivity index is 2.12. The molecule has 0 amide bonds. The number of aliphatic hydroxyl groups excluding tert-OH is 1. The Morgan fingerprint density at radius 3 is 3.00 bits per heavy atom. The summed E-state index contributed by atoms with van der Waals surface area (Å²) in [5, 5.41) is 21.8. The van der Waals surface area contributed by atoms with Crippen LogP contribution in [0, 0.1) is 5.92 Å². The summed E-state index contributed by atoms with van der Waals surface area (Å²) in [6.07, 6.45) is 5.06. The highest BCUT2D eigenvalue weighted by Crippen LogP contribution is 2.33. The van der Waals surface area contributed by atoms with Gasteiger partial charge in [0.25, 0.3) is 0 Å². The lowest BCUT2D eigenvalue weighted by Crippen LogP contribution is -2.48. The van der Waals surface area contributed by atoms with Crippen molar-refractivity contribution in [2.24, 2.45) is 5.92 Å². The summed E-state index contributed by atoms with van der Waals surface area (Å²) >= 11 is 0. The molecule has 80 valence electrons. The van der Waals surface area contributed by atoms with E-state index in [2.05, 4.69) is 23.2 Å². The van der Waals surface area contributed by atoms with Crippen molar-refractivity contribution < 1.29 is 10.2 Å². The van der Waals surface area contributed by atoms with Crippen LogP contribution in [-0.4, -0.2) is 40.2 Å². The van der Waals surface area contributed by atoms with Gasteiger partial charge in [-0.2, -0.15) is 0 Å². The summed E-state index contributed by atoms with van der Waals surface area (Å²) in [5.74, 6) is 0.520. The molecule has 0 radical (unpaired) electrons. The van der Waals surface area contributed by atoms with E-state index >= 15 is 0 Å². The minimum atomic E-state index is -1.22. The molecule has 2 rings (SSSR count). The van der Waals surface area contributed by atoms with Gasteiger partial charge < -0.3 is 15.5 Å². The van der Waals surface area contributed by atoms with E-state index in [0.29, 0.717) is 5.92 Å². The first kappa shape index (κ1) is 9.96. The topological polar surface area (TPSA) is 55.7 Å². The number of aliphatic hydroxyl groups is 2. The van der Waals surface area contributed by atoms with E-state index in [1.165, 1.54) is 0 Å². The molecule has 0 aliphatic carbocycles. The number of likely N-dealkylation sites (tertiary alicyclic amines) is 1. The third-order valence-corrected chi connectivity index (χ3v) is 3.31. The van der Waals surface area contributed by atoms with Crippen LogP contribution in [0.3, 0.4) is 0 Å². The molecule has 0 bridgehead atoms. The van der Waals surface area contributed by atoms with Gasteiger partial charge >= 0.3 is 0 Å². The monoisotopic (exact) mass is 198 g/mol. The fourth-order valence-corrected chi connectivity index (χ4v) is 2.64. The van der Waals surface area contributed by atoms with E-state index < -0.39 is 6.29 Å². The third-order valence-electron chi connectivity index (χ3n) is 3.31. The summed E-state index contributed by atoms with van der Waals surface area (Å²) in [6.45, 7) is 2.90. The van der Waals surface area contributed by atoms with Crippen LogP contribution in [0.1, 0.15) is 19.8 Å². The molecular weight excluding hydrogens is 180 g/mol. The second-order valence-corrected chi connectivity index (χ2v) is 4.06. The smallest absolute Gasteiger partial charge is 0.167 e. The van der Waals surface area contributed by atoms with Crippen molar-refractivity contribution >= 4 is 0 Å². The van der Waals surface area contributed by atoms with E-state index in [1.807, 2.05) is 6.20 Å². The zero-order valence-electron chi connectivity index (χ0n) is 8.43. The number of nitrogens with one attached hydrogen (secondary N) is 1. The number of rotatable bonds is 2. The normalized spacial score (nSPS) is 37.3. The molecule has 0 aromatic carbocycles. The Morgan fingerprint density at radius 1 is 1.57 bits per heavy atom. The van der Waals surface area contributed by atoms with Gasteiger partial charge in [0.15, 0.2) is 6.29 Å². The Morgan fingerprint density at radius 2 is 2.36 bits per heavy atom. The molecule has 0 aromatic rings. The summed E-state index contributed by atoms with van der Waals surface area (Å²) in [7, 11) is 0. The molecular formula is C10H18N2O2. The summed E-state index contributed by atoms with van der Waals surface area (Å²) < 4.78 is 0. The quantitative estimate of drug-likeness (QED) is 0.540. The lowest BCUT2D eigenvalue weighted by molar-refractivity contribution is -0.0950. The van der Waals surface area contributed by atoms with E-state index in [9.17, 15) is 10.2 Å². The Labute approximate surface area is 84.2 Å². The van der Waals surface area contributed by atoms with Crippen LogP contribution < -0.4 is 5.32 Å². The SMILES string of the molecule is CCN1[C@@H](C(O)O)C[C@H]2CC=CN[C@H]21. The second-order valence-electron chi connectivity index (χ2n) is 4.06. The molecule has 2 aliphatic heterocycles. The molecule has 1 fully saturated rings. The van der Waals surface area contributed by atoms with Gasteiger partial charge in [0, 0.05) is 0 Å². The Bertz CT molecular complexity index is 230. The fraction of sp³-hybridized carbons (Fsp3) is 0.800. The largest absolute Gasteiger partial charge is 0.376 e. The van der Waals surface area contributed by atoms with Gasteiger partial charge in [0.1, 0.15) is 0 Å². The molecule has 0 saturated carbocycles. The second kappa shape index (κ2) is 3.88. The van der Waals surface area contributed by atoms with E-state index in [-0.39, 0.29) is 12.2 Å². The van der Waals surface area contributed by atoms with Crippen LogP contribution >= 0.6 is 0 Å². The molecule has 3 atom stereocenters. The first-order chi connectivity index (χ1) is 6.74. The molecule has 0 aromatic heterocycles. The number of allylic oxidation sites excluding steroid dienone is 1. The van der Waals surface area contributed by atoms with Crippen LogP contribution in [0.15, 0.2) is 12.3 Å². The van der Waals surface area contributed by atoms with E-state index in [1.54, 1.807) is 0 Å². The van der Waals surface area contributed by atoms with Crippen LogP contribution in [0.5, 0.6) is 0 Å². The highest BCUT2D eigenvalue weighted by Gasteiger charge is 2.42. The van der Waals surface area contributed by atoms with Gasteiger partial charge in [-0.3, -0.25) is 4.90 Å². The van der Waals surface area contributed by atoms with Crippen molar-refractivity contribution in [3.63, 3.8) is 0 Å². The minimum Gasteiger partial charge on any atom is -0.376 e. The molecule has 2 aliphatic rings. The molecule has 2 heterocycles. The number of fused-ring (bicyclic) bond motifs is 1. The zero-order chi connectivity index (χ0) is 10.1. The maximum atomic E-state index is 9.27. The number of hydrogen-bond acceptors (Lipinski definition) is 4. The number of likely N-dealkylation sites (N-methyl/N-ethyl adjacent to an activating group) is 1. The van der Waals surface area contributed by atoms with Crippen molar-refractivity contribution in [3.05, 3.63) is 12.3 Å². The van der Waals surface area contributed by atoms with Crippen molar-refractivity contribution in [2.45, 2.75) is 38.3 Å². The first-order valence-electron chi connectivity index (χ1n) is 5.27. The van der Waals surface area contributed by atoms with Gasteiger partial charge in [-0.05, 0) is 31.5 Å². The average molecular weight is 198 g/mol. The van der Waals surface area contributed by atoms with Crippen molar-refractivity contribution in [1.29, 1.82) is 0 Å². The van der Waals surface area contributed by atoms with Gasteiger partial charge in [-0.1, -0.05) is 13.0 Å². The average Bonchev–Trinajstić information content (AvgIpc) is 2.56. The van der Waals surface area contributed by atoms with Crippen LogP contribution in [0.4, 0.5) is 0 Å². The summed E-state index contributed by atoms with van der Waals surface area (Å²) in [5.41, 5.74) is 0. The van der Waals surface area contributed by atoms with Crippen molar-refractivity contribution in [1.82, 2.24) is 10.2 Å². The maximum absolute atomic E-state index is 9.27. The maximum Gasteiger partial charge on any atom is 0.167 e. The lowest BCUT2D eigenvalue weighted by Gasteiger charge is -2.32. The van der Waals surface area contributed by atoms with Crippen molar-refractivity contribution in [2.75, 3.05) is 6.54 Å². The molecule has 0 unspecified atom stereocenters. The third kappa shape index (κ3) is 1.54. The van der Waals surface area contributed by atoms with Crippen LogP contribution in [0.2, 0.25) is 0 Å². The molecule has 3 N–H and O–H groups in total. The van der Waals surface area contributed by atoms with E-state index in [0.717, 1.165) is 19.4 Å². The van der Waals surface area contributed by atoms with Crippen LogP contribution in [0.25, 0.3) is 0 Å². The number of nitrogens with zero attached hydrogens (tertiary/aromatic N) is 1. The molecule has 0 spiro atoms. The Hall–Kier alpha value is -0.580. The van der Waals surface area contributed by atoms with Gasteiger partial charge in [-0.15, -0.1) is 0 Å². The van der Waals surface area contributed by atoms with Crippen molar-refractivity contribution in [3.8, 4) is 0 Å². The van der Waals surface area contributed by atoms with E-state index in [4.69, 9.17) is 0 Å². The standard InChI is InChI=1S/C10H18N2O2/c1-2-12-8(10(13)14)6-7-4-3-5-11-9(7)12/h3,5,7-11,13-14H,2,4,6H2,1H3/t7-,8-,9+/m1/s1. The highest BCUT2D eigenvalue weighted by molar-refractivity contribution is 5.02. The van der Waals surface area contributed by atoms with Gasteiger partial charge in [0.2, 0.25) is 0 Å². The molecule has 14 heavy (non-hydrogen) atoms. The van der Waals surface area contributed by atoms with Gasteiger partial charge in [-0.25, -0.2) is 0 Å². The number of hydrogen-bond donors (Lipinski definition) is 3. The van der Waals surface area contributed by atoms with Gasteiger partial charge in [0.05, 0.1) is 12.2 Å². The lowest BCUT2D eigenvalue weighted by atomic mass is 9.97. The first-order valence-corrected chi connectivity index (χ1v) is 5.27. The minimum absolute atomic E-state index is 0.109. The molecule has 4 nitrogen and oxygen atoms in total. The summed E-state index contributed by atoms with van der Waals surface area (Å²) in [4.78, 5) is 2.14. The predicted octanol–water partition coefficient (Wildman–Crippen LogP) is -0.159. The fourth-order valence-electron chi connectivity index (χ4n) is 2.64.